The summed E-state index contributed by atoms with van der Waals surface area (Å²) in [5.41, 5.74) is 2.86. The molecule has 128 valence electrons. The molecular formula is C20H22N4O. The first-order chi connectivity index (χ1) is 12.1. The van der Waals surface area contributed by atoms with Gasteiger partial charge in [0.2, 0.25) is 5.91 Å². The Morgan fingerprint density at radius 3 is 2.44 bits per heavy atom. The lowest BCUT2D eigenvalue weighted by Crippen LogP contribution is -2.19. The summed E-state index contributed by atoms with van der Waals surface area (Å²) < 4.78 is 2.12. The Balaban J connectivity index is 1.68. The Kier molecular flexibility index (Phi) is 4.93. The molecule has 5 heteroatoms. The first kappa shape index (κ1) is 16.9. The molecular weight excluding hydrogens is 312 g/mol. The van der Waals surface area contributed by atoms with Gasteiger partial charge in [0, 0.05) is 30.5 Å². The van der Waals surface area contributed by atoms with Gasteiger partial charge in [0.05, 0.1) is 12.0 Å². The third kappa shape index (κ3) is 3.76. The van der Waals surface area contributed by atoms with Crippen LogP contribution in [0.15, 0.2) is 61.2 Å². The van der Waals surface area contributed by atoms with E-state index >= 15 is 0 Å². The summed E-state index contributed by atoms with van der Waals surface area (Å²) in [6.07, 6.45) is 7.21. The number of pyridine rings is 1. The number of amides is 1. The molecule has 3 aromatic rings. The average Bonchev–Trinajstić information content (AvgIpc) is 3.07. The highest BCUT2D eigenvalue weighted by atomic mass is 16.1. The number of nitrogens with one attached hydrogen (secondary N) is 1. The largest absolute Gasteiger partial charge is 0.328 e. The summed E-state index contributed by atoms with van der Waals surface area (Å²) in [5, 5.41) is 2.97. The molecule has 0 bridgehead atoms. The van der Waals surface area contributed by atoms with Gasteiger partial charge in [-0.25, -0.2) is 4.98 Å². The fourth-order valence-corrected chi connectivity index (χ4v) is 2.84. The molecule has 3 rings (SSSR count). The minimum absolute atomic E-state index is 0.0424. The lowest BCUT2D eigenvalue weighted by molar-refractivity contribution is -0.117. The van der Waals surface area contributed by atoms with Gasteiger partial charge >= 0.3 is 0 Å². The smallest absolute Gasteiger partial charge is 0.231 e. The molecule has 0 aliphatic heterocycles. The number of carbonyl (C=O) groups is 1. The van der Waals surface area contributed by atoms with Gasteiger partial charge in [-0.3, -0.25) is 9.78 Å². The third-order valence-corrected chi connectivity index (χ3v) is 4.52. The molecule has 1 aromatic carbocycles. The monoisotopic (exact) mass is 334 g/mol. The molecule has 0 aliphatic carbocycles. The number of imidazole rings is 1. The predicted octanol–water partition coefficient (Wildman–Crippen LogP) is 3.94. The van der Waals surface area contributed by atoms with Crippen molar-refractivity contribution in [1.82, 2.24) is 14.5 Å². The topological polar surface area (TPSA) is 59.8 Å². The lowest BCUT2D eigenvalue weighted by Gasteiger charge is -2.17. The average molecular weight is 334 g/mol. The van der Waals surface area contributed by atoms with E-state index in [0.29, 0.717) is 0 Å². The van der Waals surface area contributed by atoms with E-state index in [2.05, 4.69) is 26.8 Å². The maximum absolute atomic E-state index is 12.4. The molecule has 0 unspecified atom stereocenters. The maximum atomic E-state index is 12.4. The van der Waals surface area contributed by atoms with Crippen molar-refractivity contribution >= 4 is 11.6 Å². The van der Waals surface area contributed by atoms with Crippen molar-refractivity contribution < 1.29 is 4.79 Å². The molecule has 2 atom stereocenters. The van der Waals surface area contributed by atoms with Crippen molar-refractivity contribution in [3.05, 3.63) is 78.1 Å². The first-order valence-electron chi connectivity index (χ1n) is 8.36. The summed E-state index contributed by atoms with van der Waals surface area (Å²) in [4.78, 5) is 20.8. The highest BCUT2D eigenvalue weighted by Gasteiger charge is 2.16. The van der Waals surface area contributed by atoms with Crippen LogP contribution >= 0.6 is 0 Å². The molecule has 1 N–H and O–H groups in total. The molecule has 5 nitrogen and oxygen atoms in total. The number of hydrogen-bond donors (Lipinski definition) is 1. The van der Waals surface area contributed by atoms with Crippen molar-refractivity contribution in [3.8, 4) is 0 Å². The number of benzene rings is 1. The van der Waals surface area contributed by atoms with Crippen molar-refractivity contribution in [2.75, 3.05) is 5.32 Å². The zero-order chi connectivity index (χ0) is 17.8. The van der Waals surface area contributed by atoms with Crippen LogP contribution in [0.4, 0.5) is 5.69 Å². The molecule has 0 radical (unpaired) electrons. The van der Waals surface area contributed by atoms with E-state index in [1.165, 1.54) is 5.56 Å². The summed E-state index contributed by atoms with van der Waals surface area (Å²) in [6.45, 7) is 6.00. The summed E-state index contributed by atoms with van der Waals surface area (Å²) in [7, 11) is 0. The van der Waals surface area contributed by atoms with Crippen LogP contribution in [0.5, 0.6) is 0 Å². The van der Waals surface area contributed by atoms with Gasteiger partial charge in [-0.15, -0.1) is 0 Å². The Labute approximate surface area is 147 Å². The van der Waals surface area contributed by atoms with Crippen LogP contribution in [0.3, 0.4) is 0 Å². The molecule has 2 aromatic heterocycles. The van der Waals surface area contributed by atoms with Crippen LogP contribution in [-0.2, 0) is 4.79 Å². The van der Waals surface area contributed by atoms with Crippen LogP contribution in [0.1, 0.15) is 42.8 Å². The molecule has 0 aliphatic rings. The number of anilines is 1. The second-order valence-electron chi connectivity index (χ2n) is 6.18. The maximum Gasteiger partial charge on any atom is 0.231 e. The Morgan fingerprint density at radius 1 is 1.08 bits per heavy atom. The number of hydrogen-bond acceptors (Lipinski definition) is 3. The van der Waals surface area contributed by atoms with E-state index in [-0.39, 0.29) is 17.9 Å². The van der Waals surface area contributed by atoms with Crippen molar-refractivity contribution in [1.29, 1.82) is 0 Å². The number of carbonyl (C=O) groups excluding carboxylic acids is 1. The summed E-state index contributed by atoms with van der Waals surface area (Å²) in [5.74, 6) is 0.690. The summed E-state index contributed by atoms with van der Waals surface area (Å²) in [6, 6.07) is 11.9. The SMILES string of the molecule is Cc1nccn1[C@@H](C)c1ccc(NC(=O)[C@H](C)c2cccnc2)cc1. The Hall–Kier alpha value is -2.95. The fourth-order valence-electron chi connectivity index (χ4n) is 2.84. The van der Waals surface area contributed by atoms with Crippen LogP contribution in [0, 0.1) is 6.92 Å². The zero-order valence-electron chi connectivity index (χ0n) is 14.7. The van der Waals surface area contributed by atoms with Gasteiger partial charge in [-0.05, 0) is 50.1 Å². The van der Waals surface area contributed by atoms with E-state index in [4.69, 9.17) is 0 Å². The zero-order valence-corrected chi connectivity index (χ0v) is 14.7. The lowest BCUT2D eigenvalue weighted by atomic mass is 10.0. The van der Waals surface area contributed by atoms with Gasteiger partial charge in [0.15, 0.2) is 0 Å². The van der Waals surface area contributed by atoms with Crippen LogP contribution in [-0.4, -0.2) is 20.4 Å². The van der Waals surface area contributed by atoms with E-state index in [0.717, 1.165) is 17.1 Å². The van der Waals surface area contributed by atoms with Gasteiger partial charge in [-0.2, -0.15) is 0 Å². The minimum Gasteiger partial charge on any atom is -0.328 e. The van der Waals surface area contributed by atoms with E-state index < -0.39 is 0 Å². The van der Waals surface area contributed by atoms with Gasteiger partial charge in [-0.1, -0.05) is 18.2 Å². The molecule has 0 fully saturated rings. The van der Waals surface area contributed by atoms with Crippen molar-refractivity contribution in [2.24, 2.45) is 0 Å². The highest BCUT2D eigenvalue weighted by Crippen LogP contribution is 2.22. The van der Waals surface area contributed by atoms with E-state index in [9.17, 15) is 4.79 Å². The predicted molar refractivity (Wildman–Crippen MR) is 98.5 cm³/mol. The summed E-state index contributed by atoms with van der Waals surface area (Å²) >= 11 is 0. The number of aryl methyl sites for hydroxylation is 1. The van der Waals surface area contributed by atoms with Crippen molar-refractivity contribution in [3.63, 3.8) is 0 Å². The fraction of sp³-hybridized carbons (Fsp3) is 0.250. The number of rotatable bonds is 5. The van der Waals surface area contributed by atoms with Crippen LogP contribution in [0.25, 0.3) is 0 Å². The quantitative estimate of drug-likeness (QED) is 0.769. The van der Waals surface area contributed by atoms with Gasteiger partial charge in [0.1, 0.15) is 5.82 Å². The minimum atomic E-state index is -0.249. The normalized spacial score (nSPS) is 13.2. The van der Waals surface area contributed by atoms with Crippen molar-refractivity contribution in [2.45, 2.75) is 32.7 Å². The van der Waals surface area contributed by atoms with Gasteiger partial charge in [0.25, 0.3) is 0 Å². The van der Waals surface area contributed by atoms with Gasteiger partial charge < -0.3 is 9.88 Å². The van der Waals surface area contributed by atoms with E-state index in [1.807, 2.05) is 56.4 Å². The highest BCUT2D eigenvalue weighted by molar-refractivity contribution is 5.95. The standard InChI is InChI=1S/C20H22N4O/c1-14(18-5-4-10-21-13-18)20(25)23-19-8-6-17(7-9-19)15(2)24-12-11-22-16(24)3/h4-15H,1-3H3,(H,23,25)/t14-,15+/m1/s1. The molecule has 0 spiro atoms. The number of aromatic nitrogens is 3. The second kappa shape index (κ2) is 7.30. The molecule has 0 saturated carbocycles. The number of nitrogens with zero attached hydrogens (tertiary/aromatic N) is 3. The molecule has 1 amide bonds. The Bertz CT molecular complexity index is 840. The Morgan fingerprint density at radius 2 is 1.84 bits per heavy atom. The second-order valence-corrected chi connectivity index (χ2v) is 6.18. The van der Waals surface area contributed by atoms with E-state index in [1.54, 1.807) is 18.6 Å². The van der Waals surface area contributed by atoms with Crippen LogP contribution in [0.2, 0.25) is 0 Å². The molecule has 25 heavy (non-hydrogen) atoms. The van der Waals surface area contributed by atoms with Crippen LogP contribution < -0.4 is 5.32 Å². The molecule has 0 saturated heterocycles. The first-order valence-corrected chi connectivity index (χ1v) is 8.36. The molecule has 2 heterocycles. The third-order valence-electron chi connectivity index (χ3n) is 4.52.